The van der Waals surface area contributed by atoms with Crippen molar-refractivity contribution in [3.63, 3.8) is 0 Å². The van der Waals surface area contributed by atoms with E-state index in [4.69, 9.17) is 17.3 Å². The third-order valence-electron chi connectivity index (χ3n) is 6.62. The van der Waals surface area contributed by atoms with E-state index >= 15 is 0 Å². The zero-order valence-corrected chi connectivity index (χ0v) is 20.3. The lowest BCUT2D eigenvalue weighted by Gasteiger charge is -2.44. The van der Waals surface area contributed by atoms with Crippen LogP contribution in [0.4, 0.5) is 0 Å². The van der Waals surface area contributed by atoms with E-state index in [-0.39, 0.29) is 54.5 Å². The van der Waals surface area contributed by atoms with Gasteiger partial charge in [0, 0.05) is 43.2 Å². The Labute approximate surface area is 205 Å². The average Bonchev–Trinajstić information content (AvgIpc) is 3.17. The Bertz CT molecular complexity index is 959. The summed E-state index contributed by atoms with van der Waals surface area (Å²) in [4.78, 5) is 26.7. The SMILES string of the molecule is CNC(=O)Cc1nnc2n1CCN([C@H]1CC[C@@](CN)(c3cccc(Cl)c3)CC1)C2=O.Cl.Cl. The second kappa shape index (κ2) is 10.8. The van der Waals surface area contributed by atoms with Crippen molar-refractivity contribution in [3.8, 4) is 0 Å². The standard InChI is InChI=1S/C21H27ClN6O2.2ClH/c1-24-18(29)12-17-25-26-19-20(30)27(9-10-28(17)19)16-5-7-21(13-23,8-6-16)14-3-2-4-15(22)11-14;;/h2-4,11,16H,5-10,12-13,23H2,1H3,(H,24,29);2*1H/t16-,21+;;. The number of carbonyl (C=O) groups excluding carboxylic acids is 2. The predicted molar refractivity (Wildman–Crippen MR) is 128 cm³/mol. The van der Waals surface area contributed by atoms with E-state index in [0.29, 0.717) is 31.3 Å². The molecule has 0 radical (unpaired) electrons. The molecule has 0 unspecified atom stereocenters. The highest BCUT2D eigenvalue weighted by Gasteiger charge is 2.40. The molecule has 4 rings (SSSR count). The summed E-state index contributed by atoms with van der Waals surface area (Å²) < 4.78 is 1.77. The number of rotatable bonds is 5. The fourth-order valence-corrected chi connectivity index (χ4v) is 4.96. The minimum absolute atomic E-state index is 0. The molecule has 2 amide bonds. The Morgan fingerprint density at radius 3 is 2.59 bits per heavy atom. The molecule has 1 saturated carbocycles. The normalized spacial score (nSPS) is 22.4. The van der Waals surface area contributed by atoms with Crippen LogP contribution in [0.25, 0.3) is 0 Å². The molecule has 2 aromatic rings. The Hall–Kier alpha value is -1.87. The number of amides is 2. The molecule has 0 saturated heterocycles. The van der Waals surface area contributed by atoms with Crippen LogP contribution in [0.15, 0.2) is 24.3 Å². The van der Waals surface area contributed by atoms with Crippen molar-refractivity contribution >= 4 is 48.2 Å². The van der Waals surface area contributed by atoms with Gasteiger partial charge in [-0.05, 0) is 43.4 Å². The highest BCUT2D eigenvalue weighted by Crippen LogP contribution is 2.41. The van der Waals surface area contributed by atoms with Crippen LogP contribution in [0.3, 0.4) is 0 Å². The van der Waals surface area contributed by atoms with Crippen LogP contribution in [-0.2, 0) is 23.2 Å². The van der Waals surface area contributed by atoms with E-state index in [1.54, 1.807) is 11.6 Å². The van der Waals surface area contributed by atoms with Crippen LogP contribution in [0.5, 0.6) is 0 Å². The number of hydrogen-bond donors (Lipinski definition) is 2. The van der Waals surface area contributed by atoms with Gasteiger partial charge in [0.15, 0.2) is 0 Å². The Morgan fingerprint density at radius 2 is 1.97 bits per heavy atom. The first-order valence-corrected chi connectivity index (χ1v) is 10.7. The molecule has 176 valence electrons. The van der Waals surface area contributed by atoms with Crippen LogP contribution >= 0.6 is 36.4 Å². The van der Waals surface area contributed by atoms with Crippen molar-refractivity contribution in [1.29, 1.82) is 0 Å². The van der Waals surface area contributed by atoms with Crippen LogP contribution in [0.1, 0.15) is 47.7 Å². The van der Waals surface area contributed by atoms with Gasteiger partial charge >= 0.3 is 0 Å². The summed E-state index contributed by atoms with van der Waals surface area (Å²) in [5.41, 5.74) is 7.29. The van der Waals surface area contributed by atoms with Crippen molar-refractivity contribution < 1.29 is 9.59 Å². The third kappa shape index (κ3) is 4.88. The number of nitrogens with zero attached hydrogens (tertiary/aromatic N) is 4. The van der Waals surface area contributed by atoms with Gasteiger partial charge in [0.1, 0.15) is 5.82 Å². The highest BCUT2D eigenvalue weighted by atomic mass is 35.5. The number of nitrogens with one attached hydrogen (secondary N) is 1. The maximum Gasteiger partial charge on any atom is 0.292 e. The number of fused-ring (bicyclic) bond motifs is 1. The number of hydrogen-bond acceptors (Lipinski definition) is 5. The number of likely N-dealkylation sites (N-methyl/N-ethyl adjacent to an activating group) is 1. The zero-order valence-electron chi connectivity index (χ0n) is 17.9. The number of carbonyl (C=O) groups is 2. The number of aromatic nitrogens is 3. The highest BCUT2D eigenvalue weighted by molar-refractivity contribution is 6.30. The van der Waals surface area contributed by atoms with Crippen molar-refractivity contribution in [1.82, 2.24) is 25.0 Å². The zero-order chi connectivity index (χ0) is 21.3. The summed E-state index contributed by atoms with van der Waals surface area (Å²) in [7, 11) is 1.58. The van der Waals surface area contributed by atoms with Gasteiger partial charge < -0.3 is 20.5 Å². The minimum atomic E-state index is -0.147. The minimum Gasteiger partial charge on any atom is -0.359 e. The van der Waals surface area contributed by atoms with E-state index < -0.39 is 0 Å². The molecule has 11 heteroatoms. The monoisotopic (exact) mass is 502 g/mol. The van der Waals surface area contributed by atoms with E-state index in [1.807, 2.05) is 23.1 Å². The van der Waals surface area contributed by atoms with E-state index in [2.05, 4.69) is 21.6 Å². The fraction of sp³-hybridized carbons (Fsp3) is 0.524. The van der Waals surface area contributed by atoms with Gasteiger partial charge in [0.05, 0.1) is 6.42 Å². The lowest BCUT2D eigenvalue weighted by Crippen LogP contribution is -2.51. The Morgan fingerprint density at radius 1 is 1.25 bits per heavy atom. The Kier molecular flexibility index (Phi) is 8.93. The van der Waals surface area contributed by atoms with Crippen LogP contribution in [0, 0.1) is 0 Å². The molecule has 1 aromatic carbocycles. The topological polar surface area (TPSA) is 106 Å². The molecule has 1 aliphatic carbocycles. The predicted octanol–water partition coefficient (Wildman–Crippen LogP) is 2.36. The van der Waals surface area contributed by atoms with Gasteiger partial charge in [0.2, 0.25) is 11.7 Å². The number of nitrogens with two attached hydrogens (primary N) is 1. The first-order valence-electron chi connectivity index (χ1n) is 10.4. The molecule has 3 N–H and O–H groups in total. The van der Waals surface area contributed by atoms with E-state index in [9.17, 15) is 9.59 Å². The van der Waals surface area contributed by atoms with Crippen LogP contribution in [0.2, 0.25) is 5.02 Å². The molecule has 0 atom stereocenters. The second-order valence-electron chi connectivity index (χ2n) is 8.17. The quantitative estimate of drug-likeness (QED) is 0.651. The van der Waals surface area contributed by atoms with Crippen molar-refractivity contribution in [3.05, 3.63) is 46.5 Å². The van der Waals surface area contributed by atoms with E-state index in [1.165, 1.54) is 5.56 Å². The Balaban J connectivity index is 0.00000181. The molecule has 0 spiro atoms. The first kappa shape index (κ1) is 26.4. The first-order chi connectivity index (χ1) is 14.5. The van der Waals surface area contributed by atoms with Gasteiger partial charge in [-0.3, -0.25) is 9.59 Å². The summed E-state index contributed by atoms with van der Waals surface area (Å²) in [5, 5.41) is 11.5. The molecular weight excluding hydrogens is 475 g/mol. The van der Waals surface area contributed by atoms with E-state index in [0.717, 1.165) is 30.7 Å². The van der Waals surface area contributed by atoms with Crippen molar-refractivity contribution in [2.45, 2.75) is 50.1 Å². The molecule has 32 heavy (non-hydrogen) atoms. The molecular formula is C21H29Cl3N6O2. The summed E-state index contributed by atoms with van der Waals surface area (Å²) in [6.45, 7) is 1.76. The molecule has 8 nitrogen and oxygen atoms in total. The largest absolute Gasteiger partial charge is 0.359 e. The molecule has 1 fully saturated rings. The second-order valence-corrected chi connectivity index (χ2v) is 8.60. The number of benzene rings is 1. The van der Waals surface area contributed by atoms with Gasteiger partial charge in [-0.15, -0.1) is 35.0 Å². The summed E-state index contributed by atoms with van der Waals surface area (Å²) in [6.07, 6.45) is 3.71. The number of halogens is 3. The van der Waals surface area contributed by atoms with Crippen molar-refractivity contribution in [2.75, 3.05) is 20.1 Å². The van der Waals surface area contributed by atoms with Crippen LogP contribution < -0.4 is 11.1 Å². The molecule has 2 aliphatic rings. The molecule has 1 aliphatic heterocycles. The van der Waals surface area contributed by atoms with Gasteiger partial charge in [-0.25, -0.2) is 0 Å². The maximum atomic E-state index is 13.1. The maximum absolute atomic E-state index is 13.1. The third-order valence-corrected chi connectivity index (χ3v) is 6.86. The summed E-state index contributed by atoms with van der Waals surface area (Å²) >= 11 is 6.21. The van der Waals surface area contributed by atoms with Gasteiger partial charge in [-0.1, -0.05) is 23.7 Å². The van der Waals surface area contributed by atoms with Crippen LogP contribution in [-0.4, -0.2) is 57.7 Å². The average molecular weight is 504 g/mol. The van der Waals surface area contributed by atoms with Gasteiger partial charge in [-0.2, -0.15) is 0 Å². The molecule has 2 heterocycles. The summed E-state index contributed by atoms with van der Waals surface area (Å²) in [6, 6.07) is 8.11. The lowest BCUT2D eigenvalue weighted by atomic mass is 9.68. The smallest absolute Gasteiger partial charge is 0.292 e. The lowest BCUT2D eigenvalue weighted by molar-refractivity contribution is -0.120. The summed E-state index contributed by atoms with van der Waals surface area (Å²) in [5.74, 6) is 0.603. The molecule has 0 bridgehead atoms. The van der Waals surface area contributed by atoms with Crippen molar-refractivity contribution in [2.24, 2.45) is 5.73 Å². The molecule has 1 aromatic heterocycles. The fourth-order valence-electron chi connectivity index (χ4n) is 4.77. The van der Waals surface area contributed by atoms with Gasteiger partial charge in [0.25, 0.3) is 5.91 Å².